The van der Waals surface area contributed by atoms with Crippen molar-refractivity contribution in [3.63, 3.8) is 0 Å². The minimum atomic E-state index is -4.70. The van der Waals surface area contributed by atoms with Crippen LogP contribution in [0, 0.1) is 11.3 Å². The maximum atomic E-state index is 13.8. The van der Waals surface area contributed by atoms with Gasteiger partial charge in [0.05, 0.1) is 17.5 Å². The second-order valence-corrected chi connectivity index (χ2v) is 8.77. The van der Waals surface area contributed by atoms with E-state index in [0.717, 1.165) is 48.4 Å². The number of fused-ring (bicyclic) bond motifs is 2. The Balaban J connectivity index is 1.60. The van der Waals surface area contributed by atoms with E-state index in [1.807, 2.05) is 0 Å². The van der Waals surface area contributed by atoms with Crippen LogP contribution in [0.25, 0.3) is 16.9 Å². The number of thiophene rings is 1. The predicted molar refractivity (Wildman–Crippen MR) is 117 cm³/mol. The average molecular weight is 467 g/mol. The van der Waals surface area contributed by atoms with Crippen LogP contribution in [-0.4, -0.2) is 20.5 Å². The molecule has 166 valence electrons. The summed E-state index contributed by atoms with van der Waals surface area (Å²) in [5.74, 6) is -0.661. The number of anilines is 1. The number of benzene rings is 1. The zero-order valence-electron chi connectivity index (χ0n) is 17.1. The number of nitrogens with zero attached hydrogens (tertiary/aromatic N) is 4. The summed E-state index contributed by atoms with van der Waals surface area (Å²) in [4.78, 5) is 18.5. The van der Waals surface area contributed by atoms with Crippen molar-refractivity contribution in [3.8, 4) is 17.3 Å². The Morgan fingerprint density at radius 3 is 2.67 bits per heavy atom. The van der Waals surface area contributed by atoms with Gasteiger partial charge in [0.1, 0.15) is 16.6 Å². The van der Waals surface area contributed by atoms with E-state index < -0.39 is 17.8 Å². The number of carbonyl (C=O) groups is 1. The number of nitrogens with one attached hydrogen (secondary N) is 1. The minimum Gasteiger partial charge on any atom is -0.312 e. The van der Waals surface area contributed by atoms with E-state index in [0.29, 0.717) is 20.6 Å². The van der Waals surface area contributed by atoms with Gasteiger partial charge in [0.15, 0.2) is 11.3 Å². The highest BCUT2D eigenvalue weighted by molar-refractivity contribution is 7.16. The third-order valence-corrected chi connectivity index (χ3v) is 6.79. The summed E-state index contributed by atoms with van der Waals surface area (Å²) in [7, 11) is 0. The van der Waals surface area contributed by atoms with Crippen molar-refractivity contribution in [2.75, 3.05) is 5.32 Å². The molecule has 5 rings (SSSR count). The summed E-state index contributed by atoms with van der Waals surface area (Å²) in [6.45, 7) is 0. The smallest absolute Gasteiger partial charge is 0.312 e. The predicted octanol–water partition coefficient (Wildman–Crippen LogP) is 5.48. The number of nitriles is 1. The molecule has 1 amide bonds. The lowest BCUT2D eigenvalue weighted by Crippen LogP contribution is -2.15. The van der Waals surface area contributed by atoms with Crippen molar-refractivity contribution in [1.82, 2.24) is 14.6 Å². The Kier molecular flexibility index (Phi) is 5.13. The summed E-state index contributed by atoms with van der Waals surface area (Å²) in [5, 5.41) is 16.5. The van der Waals surface area contributed by atoms with Gasteiger partial charge >= 0.3 is 6.18 Å². The Morgan fingerprint density at radius 1 is 1.18 bits per heavy atom. The van der Waals surface area contributed by atoms with E-state index in [1.54, 1.807) is 30.3 Å². The molecule has 0 bridgehead atoms. The molecule has 10 heteroatoms. The van der Waals surface area contributed by atoms with E-state index >= 15 is 0 Å². The largest absolute Gasteiger partial charge is 0.433 e. The molecule has 0 spiro atoms. The first kappa shape index (κ1) is 21.2. The van der Waals surface area contributed by atoms with Crippen LogP contribution >= 0.6 is 11.3 Å². The Hall–Kier alpha value is -3.71. The molecule has 1 aliphatic rings. The van der Waals surface area contributed by atoms with Crippen molar-refractivity contribution >= 4 is 27.9 Å². The van der Waals surface area contributed by atoms with E-state index in [9.17, 15) is 23.2 Å². The lowest BCUT2D eigenvalue weighted by atomic mass is 9.96. The Bertz CT molecular complexity index is 1420. The van der Waals surface area contributed by atoms with Gasteiger partial charge in [-0.15, -0.1) is 11.3 Å². The quantitative estimate of drug-likeness (QED) is 0.433. The SMILES string of the molecule is N#Cc1c(NC(=O)c2cnn3c(C(F)(F)F)cc(-c4ccccc4)nc23)sc2c1CCCC2. The van der Waals surface area contributed by atoms with Gasteiger partial charge in [-0.25, -0.2) is 9.50 Å². The van der Waals surface area contributed by atoms with Gasteiger partial charge in [-0.3, -0.25) is 4.79 Å². The molecule has 0 saturated heterocycles. The van der Waals surface area contributed by atoms with Crippen LogP contribution in [-0.2, 0) is 19.0 Å². The topological polar surface area (TPSA) is 83.1 Å². The number of alkyl halides is 3. The van der Waals surface area contributed by atoms with E-state index in [-0.39, 0.29) is 16.9 Å². The summed E-state index contributed by atoms with van der Waals surface area (Å²) in [5.41, 5.74) is 0.593. The third kappa shape index (κ3) is 3.74. The molecule has 1 aromatic carbocycles. The molecule has 4 aromatic rings. The highest BCUT2D eigenvalue weighted by Gasteiger charge is 2.36. The molecule has 0 fully saturated rings. The second kappa shape index (κ2) is 8.01. The number of amides is 1. The number of halogens is 3. The van der Waals surface area contributed by atoms with E-state index in [4.69, 9.17) is 0 Å². The number of aromatic nitrogens is 3. The van der Waals surface area contributed by atoms with Gasteiger partial charge in [-0.2, -0.15) is 23.5 Å². The van der Waals surface area contributed by atoms with Crippen molar-refractivity contribution in [3.05, 3.63) is 69.9 Å². The fourth-order valence-corrected chi connectivity index (χ4v) is 5.26. The molecule has 0 atom stereocenters. The van der Waals surface area contributed by atoms with Crippen molar-refractivity contribution in [2.24, 2.45) is 0 Å². The first-order valence-corrected chi connectivity index (χ1v) is 11.1. The van der Waals surface area contributed by atoms with E-state index in [1.165, 1.54) is 11.3 Å². The lowest BCUT2D eigenvalue weighted by molar-refractivity contribution is -0.142. The molecule has 0 radical (unpaired) electrons. The van der Waals surface area contributed by atoms with Crippen LogP contribution < -0.4 is 5.32 Å². The number of carbonyl (C=O) groups excluding carboxylic acids is 1. The standard InChI is InChI=1S/C23H16F3N5OS/c24-23(25,26)19-10-17(13-6-2-1-3-7-13)29-20-16(12-28-31(19)20)21(32)30-22-15(11-27)14-8-4-5-9-18(14)33-22/h1-3,6-7,10,12H,4-5,8-9H2,(H,30,32). The minimum absolute atomic E-state index is 0.0780. The number of hydrogen-bond acceptors (Lipinski definition) is 5. The number of aryl methyl sites for hydroxylation is 1. The molecule has 0 unspecified atom stereocenters. The van der Waals surface area contributed by atoms with Crippen LogP contribution in [0.15, 0.2) is 42.6 Å². The van der Waals surface area contributed by atoms with Gasteiger partial charge in [0.2, 0.25) is 0 Å². The third-order valence-electron chi connectivity index (χ3n) is 5.59. The monoisotopic (exact) mass is 467 g/mol. The van der Waals surface area contributed by atoms with Crippen LogP contribution in [0.2, 0.25) is 0 Å². The molecule has 0 saturated carbocycles. The summed E-state index contributed by atoms with van der Waals surface area (Å²) >= 11 is 1.34. The number of hydrogen-bond donors (Lipinski definition) is 1. The van der Waals surface area contributed by atoms with Gasteiger partial charge in [0.25, 0.3) is 5.91 Å². The molecule has 3 aromatic heterocycles. The molecule has 0 aliphatic heterocycles. The molecular weight excluding hydrogens is 451 g/mol. The Morgan fingerprint density at radius 2 is 1.94 bits per heavy atom. The zero-order valence-corrected chi connectivity index (χ0v) is 17.9. The van der Waals surface area contributed by atoms with Crippen LogP contribution in [0.5, 0.6) is 0 Å². The van der Waals surface area contributed by atoms with Crippen LogP contribution in [0.1, 0.15) is 44.9 Å². The van der Waals surface area contributed by atoms with Crippen molar-refractivity contribution < 1.29 is 18.0 Å². The fourth-order valence-electron chi connectivity index (χ4n) is 4.02. The zero-order chi connectivity index (χ0) is 23.2. The molecule has 1 N–H and O–H groups in total. The fraction of sp³-hybridized carbons (Fsp3) is 0.217. The van der Waals surface area contributed by atoms with Crippen LogP contribution in [0.3, 0.4) is 0 Å². The van der Waals surface area contributed by atoms with E-state index in [2.05, 4.69) is 21.5 Å². The highest BCUT2D eigenvalue weighted by atomic mass is 32.1. The average Bonchev–Trinajstić information content (AvgIpc) is 3.39. The summed E-state index contributed by atoms with van der Waals surface area (Å²) < 4.78 is 42.0. The Labute approximate surface area is 190 Å². The maximum absolute atomic E-state index is 13.8. The van der Waals surface area contributed by atoms with Crippen LogP contribution in [0.4, 0.5) is 18.2 Å². The summed E-state index contributed by atoms with van der Waals surface area (Å²) in [6, 6.07) is 11.5. The molecule has 1 aliphatic carbocycles. The lowest BCUT2D eigenvalue weighted by Gasteiger charge is -2.11. The highest BCUT2D eigenvalue weighted by Crippen LogP contribution is 2.38. The first-order valence-electron chi connectivity index (χ1n) is 10.2. The number of rotatable bonds is 3. The van der Waals surface area contributed by atoms with Gasteiger partial charge in [-0.05, 0) is 37.3 Å². The summed E-state index contributed by atoms with van der Waals surface area (Å²) in [6.07, 6.45) is -0.0125. The molecular formula is C23H16F3N5OS. The van der Waals surface area contributed by atoms with Crippen molar-refractivity contribution in [1.29, 1.82) is 5.26 Å². The maximum Gasteiger partial charge on any atom is 0.433 e. The molecule has 6 nitrogen and oxygen atoms in total. The van der Waals surface area contributed by atoms with Gasteiger partial charge < -0.3 is 5.32 Å². The molecule has 33 heavy (non-hydrogen) atoms. The van der Waals surface area contributed by atoms with Gasteiger partial charge in [0, 0.05) is 10.4 Å². The van der Waals surface area contributed by atoms with Crippen molar-refractivity contribution in [2.45, 2.75) is 31.9 Å². The second-order valence-electron chi connectivity index (χ2n) is 7.67. The molecule has 3 heterocycles. The van der Waals surface area contributed by atoms with Gasteiger partial charge in [-0.1, -0.05) is 30.3 Å². The normalized spacial score (nSPS) is 13.5. The first-order chi connectivity index (χ1) is 15.9.